The summed E-state index contributed by atoms with van der Waals surface area (Å²) in [7, 11) is 3.13. The van der Waals surface area contributed by atoms with Crippen molar-refractivity contribution in [2.45, 2.75) is 31.7 Å². The lowest BCUT2D eigenvalue weighted by Gasteiger charge is -2.39. The fraction of sp³-hybridized carbons (Fsp3) is 0.364. The molecule has 0 spiro atoms. The SMILES string of the molecule is C=Cc1cc(F)ccc1OC(=O)N1CCCC(NCc2cccc(OC)n2)C1OC. The van der Waals surface area contributed by atoms with Crippen molar-refractivity contribution in [2.24, 2.45) is 0 Å². The summed E-state index contributed by atoms with van der Waals surface area (Å²) in [6.07, 6.45) is 2.00. The fourth-order valence-corrected chi connectivity index (χ4v) is 3.49. The number of carbonyl (C=O) groups is 1. The molecule has 1 aliphatic heterocycles. The summed E-state index contributed by atoms with van der Waals surface area (Å²) in [5, 5.41) is 3.41. The largest absolute Gasteiger partial charge is 0.481 e. The monoisotopic (exact) mass is 415 g/mol. The van der Waals surface area contributed by atoms with Crippen molar-refractivity contribution in [3.05, 3.63) is 60.1 Å². The Kier molecular flexibility index (Phi) is 7.37. The lowest BCUT2D eigenvalue weighted by Crippen LogP contribution is -2.57. The van der Waals surface area contributed by atoms with Gasteiger partial charge in [0.2, 0.25) is 5.88 Å². The first-order valence-corrected chi connectivity index (χ1v) is 9.72. The van der Waals surface area contributed by atoms with Gasteiger partial charge in [0.15, 0.2) is 0 Å². The zero-order valence-corrected chi connectivity index (χ0v) is 17.1. The molecule has 0 radical (unpaired) electrons. The first-order valence-electron chi connectivity index (χ1n) is 9.72. The summed E-state index contributed by atoms with van der Waals surface area (Å²) in [4.78, 5) is 18.8. The Morgan fingerprint density at radius 1 is 1.37 bits per heavy atom. The molecule has 8 heteroatoms. The van der Waals surface area contributed by atoms with Crippen molar-refractivity contribution in [1.29, 1.82) is 0 Å². The maximum absolute atomic E-state index is 13.4. The summed E-state index contributed by atoms with van der Waals surface area (Å²) in [5.41, 5.74) is 1.24. The van der Waals surface area contributed by atoms with Crippen molar-refractivity contribution < 1.29 is 23.4 Å². The molecule has 0 aliphatic carbocycles. The van der Waals surface area contributed by atoms with Gasteiger partial charge in [0, 0.05) is 31.8 Å². The number of methoxy groups -OCH3 is 2. The number of halogens is 1. The Balaban J connectivity index is 1.67. The van der Waals surface area contributed by atoms with E-state index in [1.807, 2.05) is 12.1 Å². The number of nitrogens with one attached hydrogen (secondary N) is 1. The van der Waals surface area contributed by atoms with Crippen LogP contribution in [0.15, 0.2) is 43.0 Å². The van der Waals surface area contributed by atoms with Crippen LogP contribution in [0.3, 0.4) is 0 Å². The minimum Gasteiger partial charge on any atom is -0.481 e. The summed E-state index contributed by atoms with van der Waals surface area (Å²) in [6, 6.07) is 9.39. The second-order valence-electron chi connectivity index (χ2n) is 6.87. The molecule has 7 nitrogen and oxygen atoms in total. The van der Waals surface area contributed by atoms with Gasteiger partial charge < -0.3 is 19.5 Å². The molecular weight excluding hydrogens is 389 g/mol. The molecule has 160 valence electrons. The molecule has 2 heterocycles. The summed E-state index contributed by atoms with van der Waals surface area (Å²) in [5.74, 6) is 0.374. The highest BCUT2D eigenvalue weighted by molar-refractivity contribution is 5.73. The number of hydrogen-bond donors (Lipinski definition) is 1. The molecule has 1 N–H and O–H groups in total. The number of carbonyl (C=O) groups excluding carboxylic acids is 1. The van der Waals surface area contributed by atoms with Crippen LogP contribution in [0, 0.1) is 5.82 Å². The van der Waals surface area contributed by atoms with Gasteiger partial charge in [-0.2, -0.15) is 0 Å². The third kappa shape index (κ3) is 5.14. The van der Waals surface area contributed by atoms with E-state index in [1.54, 1.807) is 20.3 Å². The van der Waals surface area contributed by atoms with Crippen LogP contribution in [0.4, 0.5) is 9.18 Å². The standard InChI is InChI=1S/C22H26FN3O4/c1-4-15-13-16(23)10-11-19(15)30-22(27)26-12-6-8-18(21(26)29-3)24-14-17-7-5-9-20(25-17)28-2/h4-5,7,9-11,13,18,21,24H,1,6,8,12,14H2,2-3H3. The highest BCUT2D eigenvalue weighted by Gasteiger charge is 2.35. The van der Waals surface area contributed by atoms with E-state index >= 15 is 0 Å². The van der Waals surface area contributed by atoms with Crippen molar-refractivity contribution in [2.75, 3.05) is 20.8 Å². The number of nitrogens with zero attached hydrogens (tertiary/aromatic N) is 2. The summed E-state index contributed by atoms with van der Waals surface area (Å²) < 4.78 is 29.7. The molecule has 3 rings (SSSR count). The summed E-state index contributed by atoms with van der Waals surface area (Å²) >= 11 is 0. The highest BCUT2D eigenvalue weighted by Crippen LogP contribution is 2.25. The van der Waals surface area contributed by atoms with Crippen LogP contribution in [0.2, 0.25) is 0 Å². The molecule has 30 heavy (non-hydrogen) atoms. The third-order valence-corrected chi connectivity index (χ3v) is 4.97. The number of aromatic nitrogens is 1. The maximum atomic E-state index is 13.4. The molecule has 1 saturated heterocycles. The Labute approximate surface area is 175 Å². The van der Waals surface area contributed by atoms with Crippen LogP contribution in [0.25, 0.3) is 6.08 Å². The van der Waals surface area contributed by atoms with Gasteiger partial charge in [-0.25, -0.2) is 14.2 Å². The van der Waals surface area contributed by atoms with Crippen molar-refractivity contribution in [3.63, 3.8) is 0 Å². The first kappa shape index (κ1) is 21.7. The molecule has 0 saturated carbocycles. The number of hydrogen-bond acceptors (Lipinski definition) is 6. The van der Waals surface area contributed by atoms with Gasteiger partial charge in [-0.1, -0.05) is 18.7 Å². The normalized spacial score (nSPS) is 18.7. The van der Waals surface area contributed by atoms with E-state index in [9.17, 15) is 9.18 Å². The molecular formula is C22H26FN3O4. The smallest absolute Gasteiger partial charge is 0.417 e. The zero-order chi connectivity index (χ0) is 21.5. The van der Waals surface area contributed by atoms with Crippen LogP contribution in [0.5, 0.6) is 11.6 Å². The molecule has 0 bridgehead atoms. The van der Waals surface area contributed by atoms with Gasteiger partial charge in [-0.15, -0.1) is 0 Å². The van der Waals surface area contributed by atoms with E-state index < -0.39 is 18.1 Å². The average molecular weight is 415 g/mol. The van der Waals surface area contributed by atoms with Crippen LogP contribution in [-0.4, -0.2) is 49.0 Å². The highest BCUT2D eigenvalue weighted by atomic mass is 19.1. The van der Waals surface area contributed by atoms with Crippen molar-refractivity contribution in [3.8, 4) is 11.6 Å². The first-order chi connectivity index (χ1) is 14.5. The number of ether oxygens (including phenoxy) is 3. The predicted molar refractivity (Wildman–Crippen MR) is 111 cm³/mol. The van der Waals surface area contributed by atoms with Crippen LogP contribution < -0.4 is 14.8 Å². The van der Waals surface area contributed by atoms with Gasteiger partial charge in [-0.05, 0) is 37.1 Å². The van der Waals surface area contributed by atoms with Crippen molar-refractivity contribution in [1.82, 2.24) is 15.2 Å². The maximum Gasteiger partial charge on any atom is 0.417 e. The molecule has 1 fully saturated rings. The minimum atomic E-state index is -0.553. The Bertz CT molecular complexity index is 892. The topological polar surface area (TPSA) is 72.9 Å². The predicted octanol–water partition coefficient (Wildman–Crippen LogP) is 3.60. The van der Waals surface area contributed by atoms with Crippen LogP contribution in [0.1, 0.15) is 24.1 Å². The molecule has 1 aromatic carbocycles. The molecule has 1 aliphatic rings. The number of amides is 1. The quantitative estimate of drug-likeness (QED) is 0.745. The molecule has 1 amide bonds. The second kappa shape index (κ2) is 10.2. The minimum absolute atomic E-state index is 0.101. The Morgan fingerprint density at radius 2 is 2.20 bits per heavy atom. The second-order valence-corrected chi connectivity index (χ2v) is 6.87. The Morgan fingerprint density at radius 3 is 2.93 bits per heavy atom. The van der Waals surface area contributed by atoms with Gasteiger partial charge in [0.25, 0.3) is 0 Å². The molecule has 2 unspecified atom stereocenters. The number of rotatable bonds is 7. The van der Waals surface area contributed by atoms with Crippen LogP contribution in [-0.2, 0) is 11.3 Å². The van der Waals surface area contributed by atoms with E-state index in [1.165, 1.54) is 29.2 Å². The number of likely N-dealkylation sites (tertiary alicyclic amines) is 1. The fourth-order valence-electron chi connectivity index (χ4n) is 3.49. The van der Waals surface area contributed by atoms with Gasteiger partial charge in [0.1, 0.15) is 17.8 Å². The number of piperidine rings is 1. The van der Waals surface area contributed by atoms with Gasteiger partial charge >= 0.3 is 6.09 Å². The van der Waals surface area contributed by atoms with E-state index in [4.69, 9.17) is 14.2 Å². The lowest BCUT2D eigenvalue weighted by molar-refractivity contribution is -0.0610. The zero-order valence-electron chi connectivity index (χ0n) is 17.1. The molecule has 1 aromatic heterocycles. The van der Waals surface area contributed by atoms with Crippen molar-refractivity contribution >= 4 is 12.2 Å². The van der Waals surface area contributed by atoms with E-state index in [0.717, 1.165) is 18.5 Å². The average Bonchev–Trinajstić information content (AvgIpc) is 2.78. The van der Waals surface area contributed by atoms with Crippen LogP contribution >= 0.6 is 0 Å². The van der Waals surface area contributed by atoms with E-state index in [-0.39, 0.29) is 11.8 Å². The van der Waals surface area contributed by atoms with E-state index in [0.29, 0.717) is 24.5 Å². The van der Waals surface area contributed by atoms with Gasteiger partial charge in [-0.3, -0.25) is 4.90 Å². The summed E-state index contributed by atoms with van der Waals surface area (Å²) in [6.45, 7) is 4.64. The molecule has 2 atom stereocenters. The lowest BCUT2D eigenvalue weighted by atomic mass is 10.0. The third-order valence-electron chi connectivity index (χ3n) is 4.97. The number of benzene rings is 1. The van der Waals surface area contributed by atoms with Gasteiger partial charge in [0.05, 0.1) is 18.8 Å². The Hall–Kier alpha value is -2.97. The molecule has 2 aromatic rings. The van der Waals surface area contributed by atoms with E-state index in [2.05, 4.69) is 16.9 Å². The number of pyridine rings is 1.